The molecule has 29 heavy (non-hydrogen) atoms. The van der Waals surface area contributed by atoms with Crippen LogP contribution in [0, 0.1) is 5.92 Å². The number of oxazole rings is 1. The van der Waals surface area contributed by atoms with Gasteiger partial charge in [0.2, 0.25) is 5.91 Å². The zero-order valence-corrected chi connectivity index (χ0v) is 17.2. The van der Waals surface area contributed by atoms with E-state index >= 15 is 0 Å². The Bertz CT molecular complexity index is 774. The van der Waals surface area contributed by atoms with Gasteiger partial charge in [0, 0.05) is 31.6 Å². The zero-order chi connectivity index (χ0) is 20.2. The van der Waals surface area contributed by atoms with Crippen LogP contribution in [0.2, 0.25) is 0 Å². The number of amides is 1. The molecule has 2 N–H and O–H groups in total. The minimum absolute atomic E-state index is 0.0788. The first-order valence-corrected chi connectivity index (χ1v) is 10.9. The second kappa shape index (κ2) is 9.13. The zero-order valence-electron chi connectivity index (χ0n) is 17.2. The lowest BCUT2D eigenvalue weighted by atomic mass is 9.93. The molecule has 1 amide bonds. The molecule has 2 aromatic rings. The molecule has 2 saturated heterocycles. The van der Waals surface area contributed by atoms with Gasteiger partial charge in [-0.3, -0.25) is 4.79 Å². The van der Waals surface area contributed by atoms with E-state index in [1.165, 1.54) is 0 Å². The number of likely N-dealkylation sites (tertiary alicyclic amines) is 1. The number of aliphatic hydroxyl groups is 1. The lowest BCUT2D eigenvalue weighted by Crippen LogP contribution is -2.49. The van der Waals surface area contributed by atoms with Crippen LogP contribution in [-0.2, 0) is 4.79 Å². The fourth-order valence-electron chi connectivity index (χ4n) is 4.45. The van der Waals surface area contributed by atoms with Crippen LogP contribution in [-0.4, -0.2) is 65.8 Å². The molecule has 0 aliphatic carbocycles. The highest BCUT2D eigenvalue weighted by atomic mass is 16.4. The normalized spacial score (nSPS) is 20.8. The number of nitrogens with zero attached hydrogens (tertiary/aromatic N) is 3. The maximum absolute atomic E-state index is 12.3. The van der Waals surface area contributed by atoms with Crippen molar-refractivity contribution in [3.63, 3.8) is 0 Å². The average molecular weight is 401 g/mol. The van der Waals surface area contributed by atoms with Crippen molar-refractivity contribution in [2.45, 2.75) is 51.2 Å². The summed E-state index contributed by atoms with van der Waals surface area (Å²) in [6.45, 7) is 6.14. The minimum atomic E-state index is -0.439. The summed E-state index contributed by atoms with van der Waals surface area (Å²) in [6, 6.07) is 9.20. The van der Waals surface area contributed by atoms with Crippen molar-refractivity contribution in [1.82, 2.24) is 15.2 Å². The number of para-hydroxylation sites is 2. The van der Waals surface area contributed by atoms with Gasteiger partial charge in [-0.05, 0) is 57.3 Å². The molecule has 0 radical (unpaired) electrons. The first-order chi connectivity index (χ1) is 14.1. The third kappa shape index (κ3) is 4.73. The van der Waals surface area contributed by atoms with E-state index in [-0.39, 0.29) is 11.8 Å². The molecule has 3 heterocycles. The van der Waals surface area contributed by atoms with Crippen molar-refractivity contribution in [2.24, 2.45) is 5.92 Å². The van der Waals surface area contributed by atoms with E-state index in [0.717, 1.165) is 69.0 Å². The molecule has 0 bridgehead atoms. The van der Waals surface area contributed by atoms with E-state index in [9.17, 15) is 9.90 Å². The Labute approximate surface area is 172 Å². The van der Waals surface area contributed by atoms with Gasteiger partial charge in [-0.2, -0.15) is 4.98 Å². The second-order valence-electron chi connectivity index (χ2n) is 8.30. The van der Waals surface area contributed by atoms with Gasteiger partial charge in [-0.15, -0.1) is 0 Å². The van der Waals surface area contributed by atoms with Crippen LogP contribution in [0.15, 0.2) is 28.7 Å². The Kier molecular flexibility index (Phi) is 6.35. The topological polar surface area (TPSA) is 81.8 Å². The number of nitrogens with one attached hydrogen (secondary N) is 1. The maximum Gasteiger partial charge on any atom is 0.298 e. The fourth-order valence-corrected chi connectivity index (χ4v) is 4.45. The highest BCUT2D eigenvalue weighted by molar-refractivity contribution is 5.78. The van der Waals surface area contributed by atoms with Crippen molar-refractivity contribution in [2.75, 3.05) is 37.6 Å². The Hall–Kier alpha value is -2.12. The first-order valence-electron chi connectivity index (χ1n) is 10.9. The van der Waals surface area contributed by atoms with E-state index in [1.807, 2.05) is 31.2 Å². The summed E-state index contributed by atoms with van der Waals surface area (Å²) < 4.78 is 5.92. The van der Waals surface area contributed by atoms with Crippen molar-refractivity contribution in [1.29, 1.82) is 0 Å². The van der Waals surface area contributed by atoms with Gasteiger partial charge < -0.3 is 24.6 Å². The van der Waals surface area contributed by atoms with Crippen LogP contribution in [0.4, 0.5) is 6.01 Å². The number of anilines is 1. The van der Waals surface area contributed by atoms with Gasteiger partial charge >= 0.3 is 0 Å². The van der Waals surface area contributed by atoms with Gasteiger partial charge in [-0.1, -0.05) is 19.1 Å². The lowest BCUT2D eigenvalue weighted by Gasteiger charge is -2.41. The Morgan fingerprint density at radius 3 is 2.62 bits per heavy atom. The van der Waals surface area contributed by atoms with Crippen LogP contribution in [0.1, 0.15) is 39.0 Å². The highest BCUT2D eigenvalue weighted by Crippen LogP contribution is 2.28. The molecule has 7 heteroatoms. The van der Waals surface area contributed by atoms with Crippen LogP contribution < -0.4 is 10.2 Å². The van der Waals surface area contributed by atoms with Crippen molar-refractivity contribution in [3.05, 3.63) is 24.3 Å². The Balaban J connectivity index is 1.23. The molecule has 4 rings (SSSR count). The van der Waals surface area contributed by atoms with Gasteiger partial charge in [-0.25, -0.2) is 0 Å². The Morgan fingerprint density at radius 2 is 1.93 bits per heavy atom. The van der Waals surface area contributed by atoms with Gasteiger partial charge in [0.05, 0.1) is 6.10 Å². The van der Waals surface area contributed by atoms with Crippen LogP contribution >= 0.6 is 0 Å². The summed E-state index contributed by atoms with van der Waals surface area (Å²) in [5.41, 5.74) is 1.76. The summed E-state index contributed by atoms with van der Waals surface area (Å²) in [5.74, 6) is 0.179. The van der Waals surface area contributed by atoms with E-state index in [1.54, 1.807) is 0 Å². The molecular formula is C22H32N4O3. The minimum Gasteiger partial charge on any atom is -0.423 e. The van der Waals surface area contributed by atoms with Crippen LogP contribution in [0.3, 0.4) is 0 Å². The number of hydrogen-bond donors (Lipinski definition) is 2. The molecule has 1 aromatic carbocycles. The highest BCUT2D eigenvalue weighted by Gasteiger charge is 2.31. The summed E-state index contributed by atoms with van der Waals surface area (Å²) in [4.78, 5) is 21.7. The van der Waals surface area contributed by atoms with Gasteiger partial charge in [0.25, 0.3) is 6.01 Å². The summed E-state index contributed by atoms with van der Waals surface area (Å²) >= 11 is 0. The van der Waals surface area contributed by atoms with E-state index < -0.39 is 6.10 Å². The Morgan fingerprint density at radius 1 is 1.21 bits per heavy atom. The predicted molar refractivity (Wildman–Crippen MR) is 113 cm³/mol. The summed E-state index contributed by atoms with van der Waals surface area (Å²) in [5, 5.41) is 12.5. The number of aliphatic hydroxyl groups excluding tert-OH is 1. The molecule has 1 aromatic heterocycles. The first kappa shape index (κ1) is 20.2. The molecule has 0 spiro atoms. The number of aromatic nitrogens is 1. The number of rotatable bonds is 6. The second-order valence-corrected chi connectivity index (χ2v) is 8.30. The number of carbonyl (C=O) groups excluding carboxylic acids is 1. The van der Waals surface area contributed by atoms with Crippen molar-refractivity contribution >= 4 is 23.0 Å². The molecule has 0 saturated carbocycles. The molecule has 2 aliphatic rings. The van der Waals surface area contributed by atoms with Crippen LogP contribution in [0.5, 0.6) is 0 Å². The molecule has 2 fully saturated rings. The van der Waals surface area contributed by atoms with E-state index in [2.05, 4.69) is 20.1 Å². The van der Waals surface area contributed by atoms with Crippen molar-refractivity contribution in [3.8, 4) is 0 Å². The van der Waals surface area contributed by atoms with E-state index in [0.29, 0.717) is 19.0 Å². The number of hydrogen-bond acceptors (Lipinski definition) is 6. The van der Waals surface area contributed by atoms with Gasteiger partial charge in [0.1, 0.15) is 5.52 Å². The number of piperidine rings is 2. The summed E-state index contributed by atoms with van der Waals surface area (Å²) in [6.07, 6.45) is 4.22. The maximum atomic E-state index is 12.3. The third-order valence-electron chi connectivity index (χ3n) is 6.42. The molecular weight excluding hydrogens is 368 g/mol. The number of fused-ring (bicyclic) bond motifs is 1. The third-order valence-corrected chi connectivity index (χ3v) is 6.42. The number of carbonyl (C=O) groups is 1. The largest absolute Gasteiger partial charge is 0.423 e. The van der Waals surface area contributed by atoms with E-state index in [4.69, 9.17) is 4.42 Å². The molecule has 0 unspecified atom stereocenters. The predicted octanol–water partition coefficient (Wildman–Crippen LogP) is 2.40. The number of benzene rings is 1. The SMILES string of the molecule is CC[C@H](O)CNC(=O)C1CCN(C2CCN(c3nc4ccccc4o3)CC2)CC1. The van der Waals surface area contributed by atoms with Crippen LogP contribution in [0.25, 0.3) is 11.1 Å². The lowest BCUT2D eigenvalue weighted by molar-refractivity contribution is -0.127. The quantitative estimate of drug-likeness (QED) is 0.775. The monoisotopic (exact) mass is 400 g/mol. The smallest absolute Gasteiger partial charge is 0.298 e. The van der Waals surface area contributed by atoms with Gasteiger partial charge in [0.15, 0.2) is 5.58 Å². The molecule has 158 valence electrons. The fraction of sp³-hybridized carbons (Fsp3) is 0.636. The summed E-state index contributed by atoms with van der Waals surface area (Å²) in [7, 11) is 0. The standard InChI is InChI=1S/C22H32N4O3/c1-2-18(27)15-23-21(28)16-7-11-25(12-8-16)17-9-13-26(14-10-17)22-24-19-5-3-4-6-20(19)29-22/h3-6,16-18,27H,2,7-15H2,1H3,(H,23,28)/t18-/m0/s1. The average Bonchev–Trinajstić information content (AvgIpc) is 3.22. The molecule has 7 nitrogen and oxygen atoms in total. The van der Waals surface area contributed by atoms with Crippen molar-refractivity contribution < 1.29 is 14.3 Å². The molecule has 1 atom stereocenters. The molecule has 2 aliphatic heterocycles.